The number of carbonyl (C=O) groups is 2. The molecular formula is C12H14Na2O4. The van der Waals surface area contributed by atoms with Gasteiger partial charge in [-0.25, -0.2) is 9.59 Å². The Balaban J connectivity index is -0.000000320. The van der Waals surface area contributed by atoms with Crippen LogP contribution in [0, 0.1) is 0 Å². The van der Waals surface area contributed by atoms with Crippen LogP contribution in [0.2, 0.25) is 0 Å². The maximum absolute atomic E-state index is 10.9. The SMILES string of the molecule is C/C(C(=O)O)=C(\Cc1ccccc1)C(=O)O.[H-].[H-].[Na+].[Na+]. The molecule has 2 N–H and O–H groups in total. The molecule has 0 aliphatic heterocycles. The summed E-state index contributed by atoms with van der Waals surface area (Å²) in [4.78, 5) is 21.6. The van der Waals surface area contributed by atoms with Crippen LogP contribution in [0.25, 0.3) is 0 Å². The van der Waals surface area contributed by atoms with E-state index in [-0.39, 0.29) is 79.5 Å². The van der Waals surface area contributed by atoms with Gasteiger partial charge in [0.25, 0.3) is 0 Å². The van der Waals surface area contributed by atoms with Crippen molar-refractivity contribution < 1.29 is 81.8 Å². The van der Waals surface area contributed by atoms with E-state index in [1.54, 1.807) is 24.3 Å². The maximum Gasteiger partial charge on any atom is 1.00 e. The second-order valence-electron chi connectivity index (χ2n) is 3.38. The molecule has 1 aromatic carbocycles. The second-order valence-corrected chi connectivity index (χ2v) is 3.38. The minimum Gasteiger partial charge on any atom is -1.00 e. The fourth-order valence-electron chi connectivity index (χ4n) is 1.30. The van der Waals surface area contributed by atoms with Crippen molar-refractivity contribution in [2.24, 2.45) is 0 Å². The predicted molar refractivity (Wildman–Crippen MR) is 60.3 cm³/mol. The molecule has 1 rings (SSSR count). The van der Waals surface area contributed by atoms with Crippen LogP contribution in [-0.4, -0.2) is 22.2 Å². The van der Waals surface area contributed by atoms with Crippen LogP contribution in [0.3, 0.4) is 0 Å². The molecule has 0 radical (unpaired) electrons. The zero-order chi connectivity index (χ0) is 12.1. The Hall–Kier alpha value is -0.1000. The van der Waals surface area contributed by atoms with E-state index in [9.17, 15) is 9.59 Å². The molecule has 0 atom stereocenters. The van der Waals surface area contributed by atoms with Gasteiger partial charge in [0, 0.05) is 12.0 Å². The molecule has 6 heteroatoms. The zero-order valence-electron chi connectivity index (χ0n) is 12.8. The first-order valence-electron chi connectivity index (χ1n) is 4.72. The summed E-state index contributed by atoms with van der Waals surface area (Å²) in [6.07, 6.45) is 0.119. The third-order valence-electron chi connectivity index (χ3n) is 2.26. The van der Waals surface area contributed by atoms with Crippen molar-refractivity contribution in [3.63, 3.8) is 0 Å². The monoisotopic (exact) mass is 268 g/mol. The largest absolute Gasteiger partial charge is 1.00 e. The molecule has 0 spiro atoms. The standard InChI is InChI=1S/C12H12O4.2Na.2H/c1-8(11(13)14)10(12(15)16)7-9-5-3-2-4-6-9;;;;/h2-6H,7H2,1H3,(H,13,14)(H,15,16);;;;/q;2*+1;2*-1/b10-8-;;;;. The summed E-state index contributed by atoms with van der Waals surface area (Å²) >= 11 is 0. The van der Waals surface area contributed by atoms with Crippen molar-refractivity contribution in [3.8, 4) is 0 Å². The molecule has 4 nitrogen and oxygen atoms in total. The summed E-state index contributed by atoms with van der Waals surface area (Å²) in [6.45, 7) is 1.30. The number of hydrogen-bond donors (Lipinski definition) is 2. The van der Waals surface area contributed by atoms with Gasteiger partial charge in [0.05, 0.1) is 5.57 Å². The van der Waals surface area contributed by atoms with Gasteiger partial charge >= 0.3 is 71.1 Å². The van der Waals surface area contributed by atoms with E-state index in [0.717, 1.165) is 5.56 Å². The van der Waals surface area contributed by atoms with Gasteiger partial charge in [0.1, 0.15) is 0 Å². The number of carboxylic acid groups (broad SMARTS) is 2. The van der Waals surface area contributed by atoms with Crippen molar-refractivity contribution >= 4 is 11.9 Å². The number of hydrogen-bond acceptors (Lipinski definition) is 2. The number of carboxylic acids is 2. The minimum absolute atomic E-state index is 0. The molecule has 0 amide bonds. The number of aliphatic carboxylic acids is 2. The van der Waals surface area contributed by atoms with Gasteiger partial charge in [-0.15, -0.1) is 0 Å². The van der Waals surface area contributed by atoms with Crippen LogP contribution in [0.1, 0.15) is 15.3 Å². The first kappa shape index (κ1) is 20.2. The van der Waals surface area contributed by atoms with Crippen LogP contribution in [0.5, 0.6) is 0 Å². The predicted octanol–water partition coefficient (Wildman–Crippen LogP) is -4.05. The van der Waals surface area contributed by atoms with E-state index in [0.29, 0.717) is 0 Å². The summed E-state index contributed by atoms with van der Waals surface area (Å²) in [5.41, 5.74) is 0.565. The Morgan fingerprint density at radius 1 is 1.06 bits per heavy atom. The molecular weight excluding hydrogens is 254 g/mol. The summed E-state index contributed by atoms with van der Waals surface area (Å²) in [5.74, 6) is -2.39. The average Bonchev–Trinajstić information content (AvgIpc) is 2.26. The Labute approximate surface area is 153 Å². The molecule has 0 aromatic heterocycles. The quantitative estimate of drug-likeness (QED) is 0.430. The van der Waals surface area contributed by atoms with Gasteiger partial charge < -0.3 is 13.1 Å². The van der Waals surface area contributed by atoms with E-state index in [2.05, 4.69) is 0 Å². The Kier molecular flexibility index (Phi) is 11.0. The van der Waals surface area contributed by atoms with E-state index in [4.69, 9.17) is 10.2 Å². The van der Waals surface area contributed by atoms with Gasteiger partial charge in [0.2, 0.25) is 0 Å². The Morgan fingerprint density at radius 3 is 1.94 bits per heavy atom. The van der Waals surface area contributed by atoms with Crippen LogP contribution in [-0.2, 0) is 16.0 Å². The van der Waals surface area contributed by atoms with Crippen LogP contribution >= 0.6 is 0 Å². The van der Waals surface area contributed by atoms with E-state index in [1.165, 1.54) is 6.92 Å². The Bertz CT molecular complexity index is 450. The molecule has 88 valence electrons. The zero-order valence-corrected chi connectivity index (χ0v) is 14.8. The molecule has 0 bridgehead atoms. The van der Waals surface area contributed by atoms with Crippen LogP contribution in [0.4, 0.5) is 0 Å². The second kappa shape index (κ2) is 9.78. The third-order valence-corrected chi connectivity index (χ3v) is 2.26. The van der Waals surface area contributed by atoms with E-state index in [1.807, 2.05) is 6.07 Å². The smallest absolute Gasteiger partial charge is 1.00 e. The van der Waals surface area contributed by atoms with Gasteiger partial charge in [0.15, 0.2) is 0 Å². The average molecular weight is 268 g/mol. The van der Waals surface area contributed by atoms with Crippen molar-refractivity contribution in [1.29, 1.82) is 0 Å². The summed E-state index contributed by atoms with van der Waals surface area (Å²) in [6, 6.07) is 8.91. The van der Waals surface area contributed by atoms with Gasteiger partial charge in [-0.1, -0.05) is 30.3 Å². The van der Waals surface area contributed by atoms with Crippen molar-refractivity contribution in [1.82, 2.24) is 0 Å². The first-order chi connectivity index (χ1) is 7.52. The van der Waals surface area contributed by atoms with E-state index >= 15 is 0 Å². The van der Waals surface area contributed by atoms with Crippen molar-refractivity contribution in [2.45, 2.75) is 13.3 Å². The molecule has 0 saturated heterocycles. The van der Waals surface area contributed by atoms with Gasteiger partial charge in [-0.2, -0.15) is 0 Å². The summed E-state index contributed by atoms with van der Waals surface area (Å²) in [7, 11) is 0. The van der Waals surface area contributed by atoms with Gasteiger partial charge in [-0.05, 0) is 12.5 Å². The minimum atomic E-state index is -1.20. The normalized spacial score (nSPS) is 10.5. The molecule has 0 aliphatic carbocycles. The van der Waals surface area contributed by atoms with Crippen LogP contribution in [0.15, 0.2) is 41.5 Å². The molecule has 0 fully saturated rings. The first-order valence-corrected chi connectivity index (χ1v) is 4.72. The maximum atomic E-state index is 10.9. The number of benzene rings is 1. The molecule has 0 unspecified atom stereocenters. The molecule has 0 saturated carbocycles. The van der Waals surface area contributed by atoms with Crippen molar-refractivity contribution in [2.75, 3.05) is 0 Å². The van der Waals surface area contributed by atoms with Crippen LogP contribution < -0.4 is 59.1 Å². The van der Waals surface area contributed by atoms with E-state index < -0.39 is 11.9 Å². The Morgan fingerprint density at radius 2 is 1.56 bits per heavy atom. The molecule has 18 heavy (non-hydrogen) atoms. The third kappa shape index (κ3) is 6.18. The van der Waals surface area contributed by atoms with Crippen molar-refractivity contribution in [3.05, 3.63) is 47.0 Å². The number of rotatable bonds is 4. The molecule has 1 aromatic rings. The molecule has 0 heterocycles. The fourth-order valence-corrected chi connectivity index (χ4v) is 1.30. The summed E-state index contributed by atoms with van der Waals surface area (Å²) in [5, 5.41) is 17.7. The topological polar surface area (TPSA) is 74.6 Å². The van der Waals surface area contributed by atoms with Gasteiger partial charge in [-0.3, -0.25) is 0 Å². The molecule has 0 aliphatic rings. The fraction of sp³-hybridized carbons (Fsp3) is 0.167. The summed E-state index contributed by atoms with van der Waals surface area (Å²) < 4.78 is 0.